The second kappa shape index (κ2) is 4.83. The molecule has 0 aliphatic heterocycles. The molecular weight excluding hydrogens is 271 g/mol. The Hall–Kier alpha value is -1.91. The molecule has 21 heavy (non-hydrogen) atoms. The number of benzene rings is 1. The first kappa shape index (κ1) is 14.0. The molecule has 1 aliphatic rings. The Morgan fingerprint density at radius 1 is 1.48 bits per heavy atom. The average Bonchev–Trinajstić information content (AvgIpc) is 3.10. The monoisotopic (exact) mass is 290 g/mol. The minimum absolute atomic E-state index is 0.0728. The van der Waals surface area contributed by atoms with Crippen LogP contribution in [0.5, 0.6) is 0 Å². The van der Waals surface area contributed by atoms with Crippen LogP contribution >= 0.6 is 0 Å². The molecule has 0 bridgehead atoms. The lowest BCUT2D eigenvalue weighted by Crippen LogP contribution is -2.21. The first-order valence-electron chi connectivity index (χ1n) is 7.24. The summed E-state index contributed by atoms with van der Waals surface area (Å²) in [5.41, 5.74) is 0.806. The van der Waals surface area contributed by atoms with E-state index in [-0.39, 0.29) is 12.2 Å². The number of halogens is 1. The summed E-state index contributed by atoms with van der Waals surface area (Å²) in [6, 6.07) is 5.38. The second-order valence-corrected chi connectivity index (χ2v) is 6.65. The van der Waals surface area contributed by atoms with Crippen molar-refractivity contribution >= 4 is 17.0 Å². The van der Waals surface area contributed by atoms with Crippen LogP contribution in [-0.2, 0) is 11.2 Å². The molecule has 4 nitrogen and oxygen atoms in total. The highest BCUT2D eigenvalue weighted by atomic mass is 19.1. The molecule has 0 saturated heterocycles. The van der Waals surface area contributed by atoms with E-state index in [1.165, 1.54) is 6.07 Å². The van der Waals surface area contributed by atoms with Gasteiger partial charge in [0.15, 0.2) is 5.82 Å². The van der Waals surface area contributed by atoms with Gasteiger partial charge >= 0.3 is 5.97 Å². The Morgan fingerprint density at radius 3 is 2.81 bits per heavy atom. The Labute approximate surface area is 122 Å². The maximum atomic E-state index is 13.9. The molecule has 2 aromatic rings. The number of carboxylic acid groups (broad SMARTS) is 1. The van der Waals surface area contributed by atoms with Gasteiger partial charge in [0.05, 0.1) is 11.9 Å². The van der Waals surface area contributed by atoms with Gasteiger partial charge in [-0.25, -0.2) is 9.37 Å². The lowest BCUT2D eigenvalue weighted by Gasteiger charge is -2.22. The van der Waals surface area contributed by atoms with E-state index in [2.05, 4.69) is 9.55 Å². The van der Waals surface area contributed by atoms with Crippen LogP contribution in [0.3, 0.4) is 0 Å². The van der Waals surface area contributed by atoms with E-state index >= 15 is 0 Å². The highest BCUT2D eigenvalue weighted by Gasteiger charge is 2.32. The summed E-state index contributed by atoms with van der Waals surface area (Å²) >= 11 is 0. The van der Waals surface area contributed by atoms with Gasteiger partial charge < -0.3 is 9.67 Å². The summed E-state index contributed by atoms with van der Waals surface area (Å²) in [6.45, 7) is 3.82. The number of nitrogens with zero attached hydrogens (tertiary/aromatic N) is 2. The van der Waals surface area contributed by atoms with E-state index in [4.69, 9.17) is 5.11 Å². The minimum Gasteiger partial charge on any atom is -0.481 e. The fraction of sp³-hybridized carbons (Fsp3) is 0.500. The molecule has 1 aliphatic carbocycles. The Bertz CT molecular complexity index is 702. The van der Waals surface area contributed by atoms with Crippen molar-refractivity contribution in [2.75, 3.05) is 0 Å². The number of aliphatic carboxylic acids is 1. The van der Waals surface area contributed by atoms with Gasteiger partial charge in [-0.05, 0) is 30.4 Å². The summed E-state index contributed by atoms with van der Waals surface area (Å²) in [4.78, 5) is 15.4. The Morgan fingerprint density at radius 2 is 2.19 bits per heavy atom. The highest BCUT2D eigenvalue weighted by molar-refractivity contribution is 5.77. The number of rotatable bonds is 5. The number of hydrogen-bond acceptors (Lipinski definition) is 2. The maximum Gasteiger partial charge on any atom is 0.303 e. The van der Waals surface area contributed by atoms with E-state index in [1.807, 2.05) is 19.9 Å². The SMILES string of the molecule is CC(C)(CC(=O)O)Cc1nc2c(F)cccc2n1C1CC1. The van der Waals surface area contributed by atoms with Gasteiger partial charge in [-0.2, -0.15) is 0 Å². The van der Waals surface area contributed by atoms with Gasteiger partial charge in [0.2, 0.25) is 0 Å². The zero-order valence-electron chi connectivity index (χ0n) is 12.3. The topological polar surface area (TPSA) is 55.1 Å². The van der Waals surface area contributed by atoms with Crippen molar-refractivity contribution < 1.29 is 14.3 Å². The summed E-state index contributed by atoms with van der Waals surface area (Å²) in [5.74, 6) is -0.340. The van der Waals surface area contributed by atoms with Crippen LogP contribution in [-0.4, -0.2) is 20.6 Å². The Kier molecular flexibility index (Phi) is 3.23. The second-order valence-electron chi connectivity index (χ2n) is 6.65. The van der Waals surface area contributed by atoms with Crippen LogP contribution in [0, 0.1) is 11.2 Å². The molecule has 3 rings (SSSR count). The van der Waals surface area contributed by atoms with Crippen molar-refractivity contribution in [1.29, 1.82) is 0 Å². The molecule has 1 N–H and O–H groups in total. The summed E-state index contributed by atoms with van der Waals surface area (Å²) < 4.78 is 16.0. The fourth-order valence-corrected chi connectivity index (χ4v) is 2.90. The van der Waals surface area contributed by atoms with E-state index in [9.17, 15) is 9.18 Å². The summed E-state index contributed by atoms with van der Waals surface area (Å²) in [5, 5.41) is 9.01. The maximum absolute atomic E-state index is 13.9. The third-order valence-electron chi connectivity index (χ3n) is 3.92. The van der Waals surface area contributed by atoms with Crippen molar-refractivity contribution in [3.05, 3.63) is 29.8 Å². The third kappa shape index (κ3) is 2.77. The predicted molar refractivity (Wildman–Crippen MR) is 77.7 cm³/mol. The molecule has 1 aromatic heterocycles. The van der Waals surface area contributed by atoms with Crippen LogP contribution in [0.1, 0.15) is 45.0 Å². The lowest BCUT2D eigenvalue weighted by atomic mass is 9.85. The molecule has 5 heteroatoms. The van der Waals surface area contributed by atoms with Crippen molar-refractivity contribution in [2.24, 2.45) is 5.41 Å². The van der Waals surface area contributed by atoms with Crippen molar-refractivity contribution in [1.82, 2.24) is 9.55 Å². The molecule has 0 unspecified atom stereocenters. The molecule has 1 fully saturated rings. The van der Waals surface area contributed by atoms with E-state index in [1.54, 1.807) is 6.07 Å². The minimum atomic E-state index is -0.819. The zero-order valence-corrected chi connectivity index (χ0v) is 12.3. The first-order valence-corrected chi connectivity index (χ1v) is 7.24. The summed E-state index contributed by atoms with van der Waals surface area (Å²) in [6.07, 6.45) is 2.76. The number of aromatic nitrogens is 2. The quantitative estimate of drug-likeness (QED) is 0.916. The molecule has 0 amide bonds. The molecule has 0 atom stereocenters. The first-order chi connectivity index (χ1) is 9.87. The number of carboxylic acids is 1. The molecule has 0 spiro atoms. The van der Waals surface area contributed by atoms with Crippen LogP contribution < -0.4 is 0 Å². The molecule has 1 saturated carbocycles. The van der Waals surface area contributed by atoms with Gasteiger partial charge in [-0.15, -0.1) is 0 Å². The molecule has 1 heterocycles. The number of carbonyl (C=O) groups is 1. The zero-order chi connectivity index (χ0) is 15.2. The molecule has 0 radical (unpaired) electrons. The van der Waals surface area contributed by atoms with Crippen LogP contribution in [0.15, 0.2) is 18.2 Å². The summed E-state index contributed by atoms with van der Waals surface area (Å²) in [7, 11) is 0. The van der Waals surface area contributed by atoms with Gasteiger partial charge in [-0.1, -0.05) is 19.9 Å². The molecular formula is C16H19FN2O2. The standard InChI is InChI=1S/C16H19FN2O2/c1-16(2,9-14(20)21)8-13-18-15-11(17)4-3-5-12(15)19(13)10-6-7-10/h3-5,10H,6-9H2,1-2H3,(H,20,21). The molecule has 112 valence electrons. The van der Waals surface area contributed by atoms with Gasteiger partial charge in [0.1, 0.15) is 11.3 Å². The number of imidazole rings is 1. The van der Waals surface area contributed by atoms with Crippen LogP contribution in [0.2, 0.25) is 0 Å². The van der Waals surface area contributed by atoms with Gasteiger partial charge in [0, 0.05) is 12.5 Å². The van der Waals surface area contributed by atoms with Crippen molar-refractivity contribution in [3.8, 4) is 0 Å². The lowest BCUT2D eigenvalue weighted by molar-refractivity contribution is -0.139. The fourth-order valence-electron chi connectivity index (χ4n) is 2.90. The predicted octanol–water partition coefficient (Wildman–Crippen LogP) is 3.55. The van der Waals surface area contributed by atoms with E-state index < -0.39 is 11.4 Å². The largest absolute Gasteiger partial charge is 0.481 e. The van der Waals surface area contributed by atoms with Crippen LogP contribution in [0.4, 0.5) is 4.39 Å². The van der Waals surface area contributed by atoms with E-state index in [0.29, 0.717) is 18.0 Å². The van der Waals surface area contributed by atoms with E-state index in [0.717, 1.165) is 24.2 Å². The van der Waals surface area contributed by atoms with Crippen molar-refractivity contribution in [2.45, 2.75) is 45.6 Å². The van der Waals surface area contributed by atoms with Gasteiger partial charge in [0.25, 0.3) is 0 Å². The molecule has 1 aromatic carbocycles. The number of fused-ring (bicyclic) bond motifs is 1. The van der Waals surface area contributed by atoms with Crippen molar-refractivity contribution in [3.63, 3.8) is 0 Å². The third-order valence-corrected chi connectivity index (χ3v) is 3.92. The van der Waals surface area contributed by atoms with Gasteiger partial charge in [-0.3, -0.25) is 4.79 Å². The highest BCUT2D eigenvalue weighted by Crippen LogP contribution is 2.40. The number of hydrogen-bond donors (Lipinski definition) is 1. The van der Waals surface area contributed by atoms with Crippen LogP contribution in [0.25, 0.3) is 11.0 Å². The average molecular weight is 290 g/mol. The Balaban J connectivity index is 2.03. The smallest absolute Gasteiger partial charge is 0.303 e. The number of para-hydroxylation sites is 1. The normalized spacial score (nSPS) is 15.6.